The van der Waals surface area contributed by atoms with Crippen LogP contribution in [0.3, 0.4) is 0 Å². The van der Waals surface area contributed by atoms with Gasteiger partial charge in [0.05, 0.1) is 12.0 Å². The van der Waals surface area contributed by atoms with Gasteiger partial charge in [0.25, 0.3) is 0 Å². The molecule has 1 aromatic rings. The van der Waals surface area contributed by atoms with Crippen molar-refractivity contribution in [2.24, 2.45) is 39.6 Å². The summed E-state index contributed by atoms with van der Waals surface area (Å²) >= 11 is 0. The summed E-state index contributed by atoms with van der Waals surface area (Å²) in [5.41, 5.74) is 15.6. The minimum Gasteiger partial charge on any atom is -0.402 e. The fraction of sp³-hybridized carbons (Fsp3) is 0.500. The van der Waals surface area contributed by atoms with Crippen molar-refractivity contribution >= 4 is 24.5 Å². The van der Waals surface area contributed by atoms with Crippen molar-refractivity contribution in [2.45, 2.75) is 94.0 Å². The Morgan fingerprint density at radius 3 is 1.86 bits per heavy atom. The fourth-order valence-electron chi connectivity index (χ4n) is 4.82. The highest BCUT2D eigenvalue weighted by Gasteiger charge is 2.43. The first kappa shape index (κ1) is 49.4. The van der Waals surface area contributed by atoms with Crippen LogP contribution in [0.15, 0.2) is 97.0 Å². The van der Waals surface area contributed by atoms with Crippen molar-refractivity contribution < 1.29 is 17.2 Å². The van der Waals surface area contributed by atoms with Crippen LogP contribution in [0.5, 0.6) is 0 Å². The molecule has 1 saturated carbocycles. The van der Waals surface area contributed by atoms with Crippen LogP contribution in [0.25, 0.3) is 6.08 Å². The summed E-state index contributed by atoms with van der Waals surface area (Å²) in [6.45, 7) is 35.9. The van der Waals surface area contributed by atoms with E-state index in [0.29, 0.717) is 24.4 Å². The molecular weight excluding hydrogens is 608 g/mol. The maximum atomic E-state index is 12.8. The average Bonchev–Trinajstić information content (AvgIpc) is 3.78. The number of hydrogen-bond donors (Lipinski definition) is 2. The van der Waals surface area contributed by atoms with Gasteiger partial charge in [-0.05, 0) is 81.7 Å². The Bertz CT molecular complexity index is 1210. The lowest BCUT2D eigenvalue weighted by Crippen LogP contribution is -2.47. The molecule has 0 radical (unpaired) electrons. The summed E-state index contributed by atoms with van der Waals surface area (Å²) in [7, 11) is 3.25. The van der Waals surface area contributed by atoms with Crippen molar-refractivity contribution in [1.82, 2.24) is 4.90 Å². The summed E-state index contributed by atoms with van der Waals surface area (Å²) in [6, 6.07) is 8.05. The van der Waals surface area contributed by atoms with Gasteiger partial charge in [0.15, 0.2) is 5.78 Å². The maximum Gasteiger partial charge on any atom is 0.232 e. The lowest BCUT2D eigenvalue weighted by molar-refractivity contribution is -0.142. The lowest BCUT2D eigenvalue weighted by atomic mass is 9.78. The van der Waals surface area contributed by atoms with Crippen LogP contribution in [0, 0.1) is 23.2 Å². The minimum absolute atomic E-state index is 0. The molecule has 0 aromatic heterocycles. The van der Waals surface area contributed by atoms with Crippen LogP contribution in [-0.2, 0) is 20.7 Å². The van der Waals surface area contributed by atoms with Crippen LogP contribution in [0.4, 0.5) is 0 Å². The number of nitrogens with two attached hydrogens (primary N) is 2. The number of methoxy groups -OCH3 is 1. The Balaban J connectivity index is -0.000000196. The molecule has 49 heavy (non-hydrogen) atoms. The number of ketones is 1. The molecule has 7 nitrogen and oxygen atoms in total. The van der Waals surface area contributed by atoms with Crippen molar-refractivity contribution in [3.05, 3.63) is 103 Å². The number of nitrogens with zero attached hydrogens (tertiary/aromatic N) is 2. The van der Waals surface area contributed by atoms with Crippen molar-refractivity contribution in [3.8, 4) is 0 Å². The van der Waals surface area contributed by atoms with Crippen LogP contribution in [0.2, 0.25) is 0 Å². The normalized spacial score (nSPS) is 16.9. The largest absolute Gasteiger partial charge is 0.402 e. The van der Waals surface area contributed by atoms with Crippen LogP contribution < -0.4 is 11.5 Å². The Labute approximate surface area is 303 Å². The highest BCUT2D eigenvalue weighted by molar-refractivity contribution is 5.90. The molecule has 3 rings (SSSR count). The molecule has 1 saturated heterocycles. The van der Waals surface area contributed by atoms with E-state index in [1.807, 2.05) is 66.7 Å². The molecule has 1 aliphatic heterocycles. The number of likely N-dealkylation sites (tertiary alicyclic amines) is 1. The predicted molar refractivity (Wildman–Crippen MR) is 219 cm³/mol. The molecule has 2 aliphatic rings. The van der Waals surface area contributed by atoms with Gasteiger partial charge < -0.3 is 21.1 Å². The van der Waals surface area contributed by atoms with Crippen LogP contribution >= 0.6 is 0 Å². The SMILES string of the molecule is C=C(N)/C=C\c1ccc(CC)cc1.C=CC.C=CC1CC(C(C)=O)N(C(=O)C(C(=C)N)C(C)(C)C)C1.C=N/C(=C\C)C1CC1.CC.COC.[HH].[HH]. The number of aliphatic imine (C=N–C) groups is 1. The highest BCUT2D eigenvalue weighted by atomic mass is 16.4. The molecule has 1 heterocycles. The third-order valence-corrected chi connectivity index (χ3v) is 7.25. The van der Waals surface area contributed by atoms with E-state index in [2.05, 4.69) is 74.0 Å². The van der Waals surface area contributed by atoms with Crippen molar-refractivity contribution in [3.63, 3.8) is 0 Å². The van der Waals surface area contributed by atoms with Gasteiger partial charge in [0.1, 0.15) is 0 Å². The number of aryl methyl sites for hydroxylation is 1. The number of rotatable bonds is 9. The Kier molecular flexibility index (Phi) is 28.2. The summed E-state index contributed by atoms with van der Waals surface area (Å²) in [5, 5.41) is 0. The van der Waals surface area contributed by atoms with Gasteiger partial charge in [0, 0.05) is 46.6 Å². The zero-order chi connectivity index (χ0) is 38.7. The number of hydrogen-bond acceptors (Lipinski definition) is 6. The second-order valence-corrected chi connectivity index (χ2v) is 12.7. The van der Waals surface area contributed by atoms with Gasteiger partial charge in [0.2, 0.25) is 5.91 Å². The Morgan fingerprint density at radius 1 is 1.08 bits per heavy atom. The maximum absolute atomic E-state index is 12.8. The summed E-state index contributed by atoms with van der Waals surface area (Å²) in [6.07, 6.45) is 13.7. The van der Waals surface area contributed by atoms with Crippen molar-refractivity contribution in [2.75, 3.05) is 20.8 Å². The number of carbonyl (C=O) groups excluding carboxylic acids is 2. The first-order valence-electron chi connectivity index (χ1n) is 17.2. The third kappa shape index (κ3) is 21.6. The van der Waals surface area contributed by atoms with Crippen LogP contribution in [-0.4, -0.2) is 50.1 Å². The van der Waals surface area contributed by atoms with E-state index in [9.17, 15) is 9.59 Å². The molecule has 1 aromatic carbocycles. The lowest BCUT2D eigenvalue weighted by Gasteiger charge is -2.34. The summed E-state index contributed by atoms with van der Waals surface area (Å²) in [5.74, 6) is 0.359. The van der Waals surface area contributed by atoms with E-state index < -0.39 is 5.92 Å². The molecular formula is C42H74N4O3. The molecule has 1 amide bonds. The molecule has 280 valence electrons. The summed E-state index contributed by atoms with van der Waals surface area (Å²) in [4.78, 5) is 30.1. The zero-order valence-corrected chi connectivity index (χ0v) is 32.9. The molecule has 0 bridgehead atoms. The monoisotopic (exact) mass is 683 g/mol. The zero-order valence-electron chi connectivity index (χ0n) is 32.9. The third-order valence-electron chi connectivity index (χ3n) is 7.25. The standard InChI is InChI=1S/C16H26N2O2.C12H15N.C7H11N.C3H6.C2H6O.C2H6.2H2/c1-7-12-8-13(11(3)19)18(9-12)15(20)14(10(2)17)16(4,5)6;1-3-11-6-8-12(9-7-11)5-4-10(2)13;1-3-7(8-2)6-4-5-6;2*1-3-2;1-2;;/h7,12-14H,1-2,8-9,17H2,3-6H3;4-9H,2-3,13H2,1H3;3,6H,2,4-5H2,1H3;3H,1H2,2H3;1-2H3;1-2H3;2*1H/b;5-4-;7-3-;;;;;. The number of amides is 1. The average molecular weight is 683 g/mol. The number of allylic oxidation sites excluding steroid dienone is 4. The van der Waals surface area contributed by atoms with Gasteiger partial charge in [-0.1, -0.05) is 103 Å². The summed E-state index contributed by atoms with van der Waals surface area (Å²) < 4.78 is 4.25. The first-order valence-corrected chi connectivity index (χ1v) is 17.2. The number of ether oxygens (including phenoxy) is 1. The smallest absolute Gasteiger partial charge is 0.232 e. The molecule has 3 unspecified atom stereocenters. The minimum atomic E-state index is -0.479. The number of carbonyl (C=O) groups is 2. The highest BCUT2D eigenvalue weighted by Crippen LogP contribution is 2.36. The van der Waals surface area contributed by atoms with Gasteiger partial charge >= 0.3 is 0 Å². The van der Waals surface area contributed by atoms with Gasteiger partial charge in [-0.2, -0.15) is 0 Å². The van der Waals surface area contributed by atoms with E-state index in [-0.39, 0.29) is 31.9 Å². The predicted octanol–water partition coefficient (Wildman–Crippen LogP) is 9.82. The van der Waals surface area contributed by atoms with Gasteiger partial charge in [-0.25, -0.2) is 0 Å². The second kappa shape index (κ2) is 27.9. The second-order valence-electron chi connectivity index (χ2n) is 12.7. The van der Waals surface area contributed by atoms with E-state index in [1.165, 1.54) is 31.0 Å². The van der Waals surface area contributed by atoms with Crippen LogP contribution in [0.1, 0.15) is 95.6 Å². The van der Waals surface area contributed by atoms with Crippen molar-refractivity contribution in [1.29, 1.82) is 0 Å². The van der Waals surface area contributed by atoms with E-state index in [1.54, 1.807) is 31.3 Å². The van der Waals surface area contributed by atoms with E-state index >= 15 is 0 Å². The molecule has 1 aliphatic carbocycles. The Morgan fingerprint density at radius 2 is 1.57 bits per heavy atom. The molecule has 3 atom stereocenters. The quantitative estimate of drug-likeness (QED) is 0.153. The van der Waals surface area contributed by atoms with E-state index in [4.69, 9.17) is 11.5 Å². The molecule has 7 heteroatoms. The molecule has 0 spiro atoms. The molecule has 2 fully saturated rings. The Hall–Kier alpha value is -3.97. The van der Waals surface area contributed by atoms with E-state index in [0.717, 1.165) is 17.9 Å². The van der Waals surface area contributed by atoms with Gasteiger partial charge in [-0.3, -0.25) is 14.6 Å². The number of Topliss-reactive ketones (excluding diaryl/α,β-unsaturated/α-hetero) is 1. The fourth-order valence-corrected chi connectivity index (χ4v) is 4.82. The number of benzene rings is 1. The topological polar surface area (TPSA) is 111 Å². The molecule has 4 N–H and O–H groups in total. The first-order chi connectivity index (χ1) is 23.0. The van der Waals surface area contributed by atoms with Gasteiger partial charge in [-0.15, -0.1) is 13.2 Å².